The van der Waals surface area contributed by atoms with E-state index in [1.165, 1.54) is 0 Å². The summed E-state index contributed by atoms with van der Waals surface area (Å²) in [4.78, 5) is 0. The third-order valence-corrected chi connectivity index (χ3v) is 4.32. The van der Waals surface area contributed by atoms with Crippen molar-refractivity contribution in [3.05, 3.63) is 12.2 Å². The second-order valence-electron chi connectivity index (χ2n) is 6.10. The quantitative estimate of drug-likeness (QED) is 0.605. The summed E-state index contributed by atoms with van der Waals surface area (Å²) in [6.45, 7) is 3.95. The molecule has 1 fully saturated rings. The Morgan fingerprint density at radius 1 is 1.32 bits per heavy atom. The second kappa shape index (κ2) is 7.39. The van der Waals surface area contributed by atoms with Crippen LogP contribution in [-0.2, 0) is 4.74 Å². The van der Waals surface area contributed by atoms with Crippen LogP contribution in [0.3, 0.4) is 0 Å². The third kappa shape index (κ3) is 4.88. The van der Waals surface area contributed by atoms with Crippen LogP contribution in [0.15, 0.2) is 12.2 Å². The van der Waals surface area contributed by atoms with E-state index >= 15 is 0 Å². The molecule has 4 nitrogen and oxygen atoms in total. The molecule has 4 heteroatoms. The summed E-state index contributed by atoms with van der Waals surface area (Å²) in [5.74, 6) is 1.27. The van der Waals surface area contributed by atoms with Gasteiger partial charge in [0.2, 0.25) is 0 Å². The number of hydrogen-bond donors (Lipinski definition) is 3. The number of ether oxygens (including phenoxy) is 1. The highest BCUT2D eigenvalue weighted by molar-refractivity contribution is 4.93. The van der Waals surface area contributed by atoms with E-state index in [1.807, 2.05) is 0 Å². The summed E-state index contributed by atoms with van der Waals surface area (Å²) in [5.41, 5.74) is 0. The summed E-state index contributed by atoms with van der Waals surface area (Å²) in [5, 5.41) is 22.2. The summed E-state index contributed by atoms with van der Waals surface area (Å²) in [6, 6.07) is 0.369. The van der Waals surface area contributed by atoms with Gasteiger partial charge in [-0.2, -0.15) is 0 Å². The van der Waals surface area contributed by atoms with Gasteiger partial charge >= 0.3 is 0 Å². The Bertz CT molecular complexity index is 289. The lowest BCUT2D eigenvalue weighted by Gasteiger charge is -2.33. The van der Waals surface area contributed by atoms with E-state index in [4.69, 9.17) is 9.84 Å². The van der Waals surface area contributed by atoms with E-state index in [2.05, 4.69) is 24.4 Å². The topological polar surface area (TPSA) is 61.7 Å². The maximum atomic E-state index is 9.81. The molecule has 0 aromatic rings. The smallest absolute Gasteiger partial charge is 0.0897 e. The van der Waals surface area contributed by atoms with E-state index in [0.29, 0.717) is 31.0 Å². The lowest BCUT2D eigenvalue weighted by Crippen LogP contribution is -2.47. The molecule has 0 aliphatic heterocycles. The first-order valence-corrected chi connectivity index (χ1v) is 7.47. The zero-order valence-electron chi connectivity index (χ0n) is 11.8. The molecule has 1 saturated carbocycles. The van der Waals surface area contributed by atoms with Crippen molar-refractivity contribution in [2.75, 3.05) is 19.8 Å². The zero-order chi connectivity index (χ0) is 13.7. The fourth-order valence-electron chi connectivity index (χ4n) is 2.71. The molecule has 0 bridgehead atoms. The third-order valence-electron chi connectivity index (χ3n) is 4.32. The van der Waals surface area contributed by atoms with Crippen molar-refractivity contribution in [1.82, 2.24) is 5.32 Å². The van der Waals surface area contributed by atoms with E-state index in [1.54, 1.807) is 0 Å². The van der Waals surface area contributed by atoms with Crippen LogP contribution in [0.25, 0.3) is 0 Å². The van der Waals surface area contributed by atoms with Crippen LogP contribution in [0.2, 0.25) is 0 Å². The molecule has 0 aromatic carbocycles. The van der Waals surface area contributed by atoms with Crippen molar-refractivity contribution in [2.45, 2.75) is 50.9 Å². The fraction of sp³-hybridized carbons (Fsp3) is 0.867. The van der Waals surface area contributed by atoms with Crippen molar-refractivity contribution < 1.29 is 14.9 Å². The van der Waals surface area contributed by atoms with Crippen molar-refractivity contribution >= 4 is 0 Å². The molecule has 0 saturated heterocycles. The van der Waals surface area contributed by atoms with Gasteiger partial charge in [-0.15, -0.1) is 0 Å². The first kappa shape index (κ1) is 15.0. The molecule has 0 spiro atoms. The van der Waals surface area contributed by atoms with Crippen LogP contribution < -0.4 is 5.32 Å². The molecule has 0 radical (unpaired) electrons. The molecule has 2 aliphatic rings. The standard InChI is InChI=1S/C15H27NO3/c1-11-4-2-3-5-12(11)9-19-10-15(18)8-16-13-6-14(17)7-13/h2-3,11-18H,4-10H2,1H3. The minimum absolute atomic E-state index is 0.147. The fourth-order valence-corrected chi connectivity index (χ4v) is 2.71. The van der Waals surface area contributed by atoms with Crippen molar-refractivity contribution in [3.8, 4) is 0 Å². The van der Waals surface area contributed by atoms with Gasteiger partial charge in [-0.1, -0.05) is 19.1 Å². The van der Waals surface area contributed by atoms with Crippen LogP contribution in [-0.4, -0.2) is 48.2 Å². The van der Waals surface area contributed by atoms with Gasteiger partial charge in [-0.3, -0.25) is 0 Å². The van der Waals surface area contributed by atoms with E-state index in [9.17, 15) is 5.11 Å². The highest BCUT2D eigenvalue weighted by Crippen LogP contribution is 2.25. The minimum Gasteiger partial charge on any atom is -0.393 e. The lowest BCUT2D eigenvalue weighted by atomic mass is 9.85. The van der Waals surface area contributed by atoms with Gasteiger partial charge in [0.1, 0.15) is 0 Å². The number of hydrogen-bond acceptors (Lipinski definition) is 4. The SMILES string of the molecule is CC1CC=CCC1COCC(O)CNC1CC(O)C1. The van der Waals surface area contributed by atoms with E-state index in [0.717, 1.165) is 32.3 Å². The summed E-state index contributed by atoms with van der Waals surface area (Å²) in [7, 11) is 0. The minimum atomic E-state index is -0.452. The average molecular weight is 269 g/mol. The molecule has 2 aliphatic carbocycles. The number of aliphatic hydroxyl groups is 2. The van der Waals surface area contributed by atoms with E-state index in [-0.39, 0.29) is 6.10 Å². The molecule has 0 aromatic heterocycles. The van der Waals surface area contributed by atoms with Crippen LogP contribution in [0.1, 0.15) is 32.6 Å². The summed E-state index contributed by atoms with van der Waals surface area (Å²) in [6.07, 6.45) is 7.72. The Kier molecular flexibility index (Phi) is 5.82. The average Bonchev–Trinajstić information content (AvgIpc) is 2.35. The van der Waals surface area contributed by atoms with Crippen LogP contribution >= 0.6 is 0 Å². The van der Waals surface area contributed by atoms with Crippen molar-refractivity contribution in [1.29, 1.82) is 0 Å². The normalized spacial score (nSPS) is 35.9. The van der Waals surface area contributed by atoms with Gasteiger partial charge < -0.3 is 20.3 Å². The van der Waals surface area contributed by atoms with Gasteiger partial charge in [-0.05, 0) is 37.5 Å². The number of aliphatic hydroxyl groups excluding tert-OH is 2. The molecule has 110 valence electrons. The highest BCUT2D eigenvalue weighted by Gasteiger charge is 2.27. The Balaban J connectivity index is 1.51. The number of allylic oxidation sites excluding steroid dienone is 2. The zero-order valence-corrected chi connectivity index (χ0v) is 11.8. The van der Waals surface area contributed by atoms with Crippen LogP contribution in [0.5, 0.6) is 0 Å². The largest absolute Gasteiger partial charge is 0.393 e. The molecule has 2 rings (SSSR count). The van der Waals surface area contributed by atoms with E-state index < -0.39 is 6.10 Å². The van der Waals surface area contributed by atoms with Gasteiger partial charge in [0.15, 0.2) is 0 Å². The van der Waals surface area contributed by atoms with Crippen molar-refractivity contribution in [2.24, 2.45) is 11.8 Å². The molecule has 0 heterocycles. The molecule has 0 amide bonds. The molecule has 3 atom stereocenters. The first-order valence-electron chi connectivity index (χ1n) is 7.47. The van der Waals surface area contributed by atoms with Gasteiger partial charge in [-0.25, -0.2) is 0 Å². The van der Waals surface area contributed by atoms with Gasteiger partial charge in [0.25, 0.3) is 0 Å². The van der Waals surface area contributed by atoms with Crippen LogP contribution in [0.4, 0.5) is 0 Å². The lowest BCUT2D eigenvalue weighted by molar-refractivity contribution is 0.00541. The second-order valence-corrected chi connectivity index (χ2v) is 6.10. The molecular formula is C15H27NO3. The Hall–Kier alpha value is -0.420. The maximum Gasteiger partial charge on any atom is 0.0897 e. The first-order chi connectivity index (χ1) is 9.15. The number of nitrogens with one attached hydrogen (secondary N) is 1. The van der Waals surface area contributed by atoms with Crippen LogP contribution in [0, 0.1) is 11.8 Å². The Morgan fingerprint density at radius 3 is 2.74 bits per heavy atom. The number of rotatable bonds is 7. The Labute approximate surface area is 115 Å². The van der Waals surface area contributed by atoms with Gasteiger partial charge in [0.05, 0.1) is 25.4 Å². The monoisotopic (exact) mass is 269 g/mol. The molecular weight excluding hydrogens is 242 g/mol. The summed E-state index contributed by atoms with van der Waals surface area (Å²) < 4.78 is 5.64. The summed E-state index contributed by atoms with van der Waals surface area (Å²) >= 11 is 0. The molecule has 19 heavy (non-hydrogen) atoms. The van der Waals surface area contributed by atoms with Gasteiger partial charge in [0, 0.05) is 12.6 Å². The maximum absolute atomic E-state index is 9.81. The highest BCUT2D eigenvalue weighted by atomic mass is 16.5. The predicted molar refractivity (Wildman–Crippen MR) is 74.9 cm³/mol. The van der Waals surface area contributed by atoms with Crippen molar-refractivity contribution in [3.63, 3.8) is 0 Å². The Morgan fingerprint density at radius 2 is 2.05 bits per heavy atom. The molecule has 3 unspecified atom stereocenters. The molecule has 3 N–H and O–H groups in total. The predicted octanol–water partition coefficient (Wildman–Crippen LogP) is 1.08.